The lowest BCUT2D eigenvalue weighted by atomic mass is 9.35. The minimum absolute atomic E-state index is 0.0495. The van der Waals surface area contributed by atoms with Gasteiger partial charge in [0.1, 0.15) is 23.0 Å². The predicted octanol–water partition coefficient (Wildman–Crippen LogP) is 12.3. The molecule has 0 radical (unpaired) electrons. The third-order valence-corrected chi connectivity index (χ3v) is 12.2. The summed E-state index contributed by atoms with van der Waals surface area (Å²) in [5.41, 5.74) is 20.8. The van der Waals surface area contributed by atoms with E-state index >= 15 is 0 Å². The molecule has 0 unspecified atom stereocenters. The number of fused-ring (bicyclic) bond motifs is 7. The molecule has 58 heavy (non-hydrogen) atoms. The summed E-state index contributed by atoms with van der Waals surface area (Å²) >= 11 is 0. The molecule has 0 fully saturated rings. The maximum absolute atomic E-state index is 6.69. The number of hydrogen-bond acceptors (Lipinski definition) is 2. The molecule has 3 aliphatic rings. The third-order valence-electron chi connectivity index (χ3n) is 12.2. The van der Waals surface area contributed by atoms with Crippen LogP contribution < -0.4 is 25.9 Å². The fourth-order valence-corrected chi connectivity index (χ4v) is 9.54. The molecule has 1 aliphatic carbocycles. The zero-order chi connectivity index (χ0) is 38.2. The molecular weight excluding hydrogens is 703 g/mol. The highest BCUT2D eigenvalue weighted by Gasteiger charge is 2.40. The van der Waals surface area contributed by atoms with Gasteiger partial charge >= 0.3 is 0 Å². The van der Waals surface area contributed by atoms with Gasteiger partial charge in [-0.1, -0.05) is 146 Å². The van der Waals surface area contributed by atoms with Crippen LogP contribution in [0.15, 0.2) is 200 Å². The summed E-state index contributed by atoms with van der Waals surface area (Å²) in [4.78, 5) is 0. The van der Waals surface area contributed by atoms with E-state index in [0.717, 1.165) is 46.0 Å². The quantitative estimate of drug-likeness (QED) is 0.164. The highest BCUT2D eigenvalue weighted by Crippen LogP contribution is 2.49. The summed E-state index contributed by atoms with van der Waals surface area (Å²) in [6, 6.07) is 72.3. The maximum atomic E-state index is 6.69. The van der Waals surface area contributed by atoms with E-state index in [9.17, 15) is 0 Å². The Balaban J connectivity index is 1.03. The van der Waals surface area contributed by atoms with Crippen molar-refractivity contribution in [3.63, 3.8) is 0 Å². The molecule has 0 saturated heterocycles. The first-order chi connectivity index (χ1) is 28.7. The van der Waals surface area contributed by atoms with Crippen LogP contribution in [0.5, 0.6) is 23.0 Å². The molecule has 2 nitrogen and oxygen atoms in total. The molecule has 3 heteroatoms. The van der Waals surface area contributed by atoms with E-state index in [1.54, 1.807) is 0 Å². The molecule has 0 atom stereocenters. The van der Waals surface area contributed by atoms with E-state index in [2.05, 4.69) is 200 Å². The molecule has 2 heterocycles. The number of benzene rings is 9. The Bertz CT molecular complexity index is 3010. The fraction of sp³-hybridized carbons (Fsp3) is 0.0182. The zero-order valence-electron chi connectivity index (χ0n) is 31.7. The van der Waals surface area contributed by atoms with Gasteiger partial charge in [0.05, 0.1) is 0 Å². The Morgan fingerprint density at radius 2 is 0.707 bits per heavy atom. The van der Waals surface area contributed by atoms with Gasteiger partial charge in [-0.2, -0.15) is 0 Å². The molecule has 270 valence electrons. The van der Waals surface area contributed by atoms with Gasteiger partial charge in [0.2, 0.25) is 0 Å². The van der Waals surface area contributed by atoms with Crippen LogP contribution in [0, 0.1) is 0 Å². The van der Waals surface area contributed by atoms with E-state index in [1.165, 1.54) is 77.7 Å². The van der Waals surface area contributed by atoms with Crippen LogP contribution in [-0.4, -0.2) is 6.71 Å². The average molecular weight is 739 g/mol. The van der Waals surface area contributed by atoms with E-state index in [0.29, 0.717) is 0 Å². The topological polar surface area (TPSA) is 18.5 Å². The van der Waals surface area contributed by atoms with Crippen molar-refractivity contribution in [1.82, 2.24) is 0 Å². The molecule has 9 aromatic carbocycles. The highest BCUT2D eigenvalue weighted by molar-refractivity contribution is 6.98. The number of hydrogen-bond donors (Lipinski definition) is 0. The van der Waals surface area contributed by atoms with Crippen molar-refractivity contribution in [1.29, 1.82) is 0 Å². The van der Waals surface area contributed by atoms with Crippen LogP contribution in [0.2, 0.25) is 0 Å². The number of rotatable bonds is 5. The van der Waals surface area contributed by atoms with Crippen LogP contribution in [-0.2, 0) is 6.42 Å². The first-order valence-electron chi connectivity index (χ1n) is 20.1. The lowest BCUT2D eigenvalue weighted by Crippen LogP contribution is -2.57. The summed E-state index contributed by atoms with van der Waals surface area (Å²) in [5, 5.41) is 0. The normalized spacial score (nSPS) is 12.7. The van der Waals surface area contributed by atoms with Crippen LogP contribution >= 0.6 is 0 Å². The molecule has 9 aromatic rings. The molecule has 0 spiro atoms. The summed E-state index contributed by atoms with van der Waals surface area (Å²) in [6.45, 7) is 0.0495. The first kappa shape index (κ1) is 32.8. The molecule has 0 bridgehead atoms. The molecule has 12 rings (SSSR count). The monoisotopic (exact) mass is 738 g/mol. The van der Waals surface area contributed by atoms with Crippen molar-refractivity contribution >= 4 is 23.1 Å². The first-order valence-corrected chi connectivity index (χ1v) is 20.1. The second-order valence-electron chi connectivity index (χ2n) is 15.6. The zero-order valence-corrected chi connectivity index (χ0v) is 31.7. The fourth-order valence-electron chi connectivity index (χ4n) is 9.54. The van der Waals surface area contributed by atoms with Gasteiger partial charge in [-0.15, -0.1) is 0 Å². The molecule has 0 saturated carbocycles. The van der Waals surface area contributed by atoms with Gasteiger partial charge in [0, 0.05) is 5.46 Å². The van der Waals surface area contributed by atoms with Gasteiger partial charge in [-0.25, -0.2) is 0 Å². The van der Waals surface area contributed by atoms with Crippen LogP contribution in [0.4, 0.5) is 0 Å². The molecule has 0 amide bonds. The summed E-state index contributed by atoms with van der Waals surface area (Å²) < 4.78 is 13.4. The van der Waals surface area contributed by atoms with Gasteiger partial charge < -0.3 is 9.47 Å². The smallest absolute Gasteiger partial charge is 0.260 e. The predicted molar refractivity (Wildman–Crippen MR) is 240 cm³/mol. The van der Waals surface area contributed by atoms with E-state index in [4.69, 9.17) is 9.47 Å². The lowest BCUT2D eigenvalue weighted by Gasteiger charge is -2.33. The standard InChI is InChI=1S/C55H35BO2/c1-4-15-35(16-5-1)40-28-43(37-19-8-3-9-20-37)47-34-48-44(29-41(31-46(48)45(47)30-40)36-17-6-2-7-18-36)39-22-14-21-38(27-39)42-32-53-55-54(33-42)58-52-26-13-11-24-50(52)56(55)49-23-10-12-25-51(49)57-53/h1-33H,34H2. The Morgan fingerprint density at radius 1 is 0.293 bits per heavy atom. The summed E-state index contributed by atoms with van der Waals surface area (Å²) in [7, 11) is 0. The lowest BCUT2D eigenvalue weighted by molar-refractivity contribution is 0.465. The summed E-state index contributed by atoms with van der Waals surface area (Å²) in [5.74, 6) is 3.49. The molecule has 2 aliphatic heterocycles. The Morgan fingerprint density at radius 3 is 1.26 bits per heavy atom. The minimum atomic E-state index is 0.0495. The van der Waals surface area contributed by atoms with Gasteiger partial charge in [0.15, 0.2) is 0 Å². The second kappa shape index (κ2) is 13.1. The van der Waals surface area contributed by atoms with Crippen molar-refractivity contribution in [2.75, 3.05) is 0 Å². The third kappa shape index (κ3) is 5.28. The van der Waals surface area contributed by atoms with Crippen LogP contribution in [0.1, 0.15) is 11.1 Å². The molecule has 0 aromatic heterocycles. The van der Waals surface area contributed by atoms with Crippen molar-refractivity contribution < 1.29 is 9.47 Å². The van der Waals surface area contributed by atoms with Gasteiger partial charge in [-0.3, -0.25) is 0 Å². The molecular formula is C55H35BO2. The van der Waals surface area contributed by atoms with Crippen molar-refractivity contribution in [3.8, 4) is 89.8 Å². The Labute approximate surface area is 338 Å². The van der Waals surface area contributed by atoms with Crippen molar-refractivity contribution in [2.24, 2.45) is 0 Å². The van der Waals surface area contributed by atoms with Crippen molar-refractivity contribution in [2.45, 2.75) is 6.42 Å². The largest absolute Gasteiger partial charge is 0.458 e. The summed E-state index contributed by atoms with van der Waals surface area (Å²) in [6.07, 6.45) is 0.851. The van der Waals surface area contributed by atoms with E-state index in [-0.39, 0.29) is 6.71 Å². The average Bonchev–Trinajstić information content (AvgIpc) is 3.67. The van der Waals surface area contributed by atoms with Crippen LogP contribution in [0.25, 0.3) is 66.8 Å². The number of ether oxygens (including phenoxy) is 2. The maximum Gasteiger partial charge on any atom is 0.260 e. The van der Waals surface area contributed by atoms with E-state index < -0.39 is 0 Å². The van der Waals surface area contributed by atoms with Crippen LogP contribution in [0.3, 0.4) is 0 Å². The second-order valence-corrected chi connectivity index (χ2v) is 15.6. The Kier molecular flexibility index (Phi) is 7.43. The number of para-hydroxylation sites is 2. The Hall–Kier alpha value is -7.36. The highest BCUT2D eigenvalue weighted by atomic mass is 16.5. The van der Waals surface area contributed by atoms with Gasteiger partial charge in [0.25, 0.3) is 6.71 Å². The minimum Gasteiger partial charge on any atom is -0.458 e. The van der Waals surface area contributed by atoms with Crippen molar-refractivity contribution in [3.05, 3.63) is 211 Å². The van der Waals surface area contributed by atoms with Gasteiger partial charge in [-0.05, 0) is 150 Å². The molecule has 0 N–H and O–H groups in total. The SMILES string of the molecule is c1ccc(-c2cc(-c3ccccc3)c3c(c2)-c2cc(-c4ccccc4)cc(-c4cccc(-c5cc6c7c(c5)Oc5ccccc5B7c5ccccc5O6)c4)c2C3)cc1. The van der Waals surface area contributed by atoms with E-state index in [1.807, 2.05) is 0 Å².